The molecule has 1 aromatic heterocycles. The molecule has 0 aromatic carbocycles. The molecule has 0 atom stereocenters. The van der Waals surface area contributed by atoms with E-state index < -0.39 is 0 Å². The molecule has 0 unspecified atom stereocenters. The molecule has 3 heteroatoms. The van der Waals surface area contributed by atoms with Gasteiger partial charge in [-0.25, -0.2) is 0 Å². The van der Waals surface area contributed by atoms with Gasteiger partial charge in [0, 0.05) is 0 Å². The Morgan fingerprint density at radius 2 is 2.10 bits per heavy atom. The highest BCUT2D eigenvalue weighted by Gasteiger charge is 2.27. The summed E-state index contributed by atoms with van der Waals surface area (Å²) < 4.78 is 1.69. The van der Waals surface area contributed by atoms with Crippen molar-refractivity contribution < 1.29 is 0 Å². The minimum absolute atomic E-state index is 0.719. The first-order valence-corrected chi connectivity index (χ1v) is 4.79. The third-order valence-corrected chi connectivity index (χ3v) is 3.22. The Hall–Kier alpha value is 0.280. The van der Waals surface area contributed by atoms with E-state index in [1.807, 2.05) is 6.07 Å². The lowest BCUT2D eigenvalue weighted by atomic mass is 10.2. The van der Waals surface area contributed by atoms with Gasteiger partial charge in [-0.15, -0.1) is 11.3 Å². The molecule has 0 spiro atoms. The molecule has 1 fully saturated rings. The van der Waals surface area contributed by atoms with Gasteiger partial charge < -0.3 is 0 Å². The maximum atomic E-state index is 5.91. The van der Waals surface area contributed by atoms with Crippen LogP contribution in [0.15, 0.2) is 6.07 Å². The van der Waals surface area contributed by atoms with Crippen molar-refractivity contribution in [3.8, 4) is 0 Å². The topological polar surface area (TPSA) is 0 Å². The fourth-order valence-electron chi connectivity index (χ4n) is 1.03. The van der Waals surface area contributed by atoms with Crippen LogP contribution in [0.5, 0.6) is 0 Å². The molecule has 1 saturated carbocycles. The van der Waals surface area contributed by atoms with Crippen LogP contribution in [0, 0.1) is 0 Å². The van der Waals surface area contributed by atoms with Crippen LogP contribution in [0.25, 0.3) is 0 Å². The van der Waals surface area contributed by atoms with E-state index in [0.717, 1.165) is 14.6 Å². The van der Waals surface area contributed by atoms with Crippen LogP contribution in [-0.2, 0) is 0 Å². The van der Waals surface area contributed by atoms with Crippen molar-refractivity contribution in [3.63, 3.8) is 0 Å². The van der Waals surface area contributed by atoms with Gasteiger partial charge in [0.15, 0.2) is 0 Å². The van der Waals surface area contributed by atoms with Crippen molar-refractivity contribution in [1.82, 2.24) is 0 Å². The summed E-state index contributed by atoms with van der Waals surface area (Å²) in [4.78, 5) is 0. The molecule has 0 aliphatic heterocycles. The van der Waals surface area contributed by atoms with Crippen molar-refractivity contribution in [2.24, 2.45) is 0 Å². The number of hydrogen-bond donors (Lipinski definition) is 0. The lowest BCUT2D eigenvalue weighted by Gasteiger charge is -1.88. The average molecular weight is 193 g/mol. The van der Waals surface area contributed by atoms with Crippen molar-refractivity contribution in [2.75, 3.05) is 0 Å². The molecular formula is C7H6Cl2S. The molecule has 0 nitrogen and oxygen atoms in total. The normalized spacial score (nSPS) is 17.8. The summed E-state index contributed by atoms with van der Waals surface area (Å²) in [5.41, 5.74) is 1.26. The molecule has 0 saturated heterocycles. The van der Waals surface area contributed by atoms with Crippen LogP contribution in [0.3, 0.4) is 0 Å². The van der Waals surface area contributed by atoms with Crippen molar-refractivity contribution in [3.05, 3.63) is 20.3 Å². The van der Waals surface area contributed by atoms with Crippen LogP contribution in [0.1, 0.15) is 24.3 Å². The lowest BCUT2D eigenvalue weighted by Crippen LogP contribution is -1.70. The largest absolute Gasteiger partial charge is 0.111 e. The van der Waals surface area contributed by atoms with Gasteiger partial charge in [-0.2, -0.15) is 0 Å². The van der Waals surface area contributed by atoms with Crippen molar-refractivity contribution >= 4 is 34.5 Å². The summed E-state index contributed by atoms with van der Waals surface area (Å²) in [7, 11) is 0. The van der Waals surface area contributed by atoms with E-state index in [0.29, 0.717) is 0 Å². The van der Waals surface area contributed by atoms with Crippen LogP contribution < -0.4 is 0 Å². The molecule has 0 bridgehead atoms. The zero-order valence-corrected chi connectivity index (χ0v) is 7.56. The van der Waals surface area contributed by atoms with Crippen LogP contribution >= 0.6 is 34.5 Å². The Balaban J connectivity index is 2.38. The third-order valence-electron chi connectivity index (χ3n) is 1.70. The van der Waals surface area contributed by atoms with Crippen molar-refractivity contribution in [1.29, 1.82) is 0 Å². The van der Waals surface area contributed by atoms with E-state index in [1.165, 1.54) is 29.7 Å². The smallest absolute Gasteiger partial charge is 0.0978 e. The minimum Gasteiger partial charge on any atom is -0.111 e. The van der Waals surface area contributed by atoms with Gasteiger partial charge in [0.2, 0.25) is 0 Å². The predicted molar refractivity (Wildman–Crippen MR) is 46.3 cm³/mol. The van der Waals surface area contributed by atoms with Gasteiger partial charge in [0.1, 0.15) is 0 Å². The first-order valence-electron chi connectivity index (χ1n) is 3.22. The Labute approximate surface area is 73.8 Å². The van der Waals surface area contributed by atoms with Gasteiger partial charge in [-0.1, -0.05) is 23.2 Å². The van der Waals surface area contributed by atoms with Gasteiger partial charge in [-0.05, 0) is 30.4 Å². The third kappa shape index (κ3) is 1.18. The Bertz CT molecular complexity index is 250. The maximum Gasteiger partial charge on any atom is 0.0978 e. The first kappa shape index (κ1) is 6.96. The predicted octanol–water partition coefficient (Wildman–Crippen LogP) is 3.93. The molecule has 10 heavy (non-hydrogen) atoms. The lowest BCUT2D eigenvalue weighted by molar-refractivity contribution is 1.15. The highest BCUT2D eigenvalue weighted by Crippen LogP contribution is 2.47. The fraction of sp³-hybridized carbons (Fsp3) is 0.429. The Morgan fingerprint density at radius 3 is 2.50 bits per heavy atom. The summed E-state index contributed by atoms with van der Waals surface area (Å²) >= 11 is 13.2. The quantitative estimate of drug-likeness (QED) is 0.633. The monoisotopic (exact) mass is 192 g/mol. The maximum absolute atomic E-state index is 5.91. The summed E-state index contributed by atoms with van der Waals surface area (Å²) in [6.07, 6.45) is 2.57. The first-order chi connectivity index (χ1) is 4.77. The molecule has 1 aromatic rings. The van der Waals surface area contributed by atoms with Crippen LogP contribution in [0.2, 0.25) is 8.67 Å². The summed E-state index contributed by atoms with van der Waals surface area (Å²) in [5, 5.41) is 0. The number of hydrogen-bond acceptors (Lipinski definition) is 1. The molecule has 0 radical (unpaired) electrons. The van der Waals surface area contributed by atoms with Crippen LogP contribution in [0.4, 0.5) is 0 Å². The van der Waals surface area contributed by atoms with E-state index in [9.17, 15) is 0 Å². The second-order valence-corrected chi connectivity index (χ2v) is 4.84. The van der Waals surface area contributed by atoms with E-state index in [-0.39, 0.29) is 0 Å². The highest BCUT2D eigenvalue weighted by atomic mass is 35.5. The van der Waals surface area contributed by atoms with Gasteiger partial charge in [0.25, 0.3) is 0 Å². The summed E-state index contributed by atoms with van der Waals surface area (Å²) in [6.45, 7) is 0. The molecule has 2 rings (SSSR count). The fourth-order valence-corrected chi connectivity index (χ4v) is 2.65. The Kier molecular flexibility index (Phi) is 1.67. The van der Waals surface area contributed by atoms with Gasteiger partial charge in [0.05, 0.1) is 8.67 Å². The molecule has 0 amide bonds. The highest BCUT2D eigenvalue weighted by molar-refractivity contribution is 7.20. The number of thiophene rings is 1. The second kappa shape index (κ2) is 2.40. The molecule has 1 heterocycles. The SMILES string of the molecule is Clc1cc(C2CC2)c(Cl)s1. The Morgan fingerprint density at radius 1 is 1.40 bits per heavy atom. The van der Waals surface area contributed by atoms with Crippen LogP contribution in [-0.4, -0.2) is 0 Å². The molecule has 1 aliphatic carbocycles. The number of rotatable bonds is 1. The van der Waals surface area contributed by atoms with Gasteiger partial charge in [-0.3, -0.25) is 0 Å². The number of halogens is 2. The van der Waals surface area contributed by atoms with Crippen molar-refractivity contribution in [2.45, 2.75) is 18.8 Å². The van der Waals surface area contributed by atoms with Gasteiger partial charge >= 0.3 is 0 Å². The van der Waals surface area contributed by atoms with E-state index in [1.54, 1.807) is 0 Å². The zero-order valence-electron chi connectivity index (χ0n) is 5.23. The summed E-state index contributed by atoms with van der Waals surface area (Å²) in [5.74, 6) is 0.719. The second-order valence-electron chi connectivity index (χ2n) is 2.55. The van der Waals surface area contributed by atoms with E-state index in [2.05, 4.69) is 0 Å². The molecular weight excluding hydrogens is 187 g/mol. The molecule has 1 aliphatic rings. The zero-order chi connectivity index (χ0) is 7.14. The average Bonchev–Trinajstić information content (AvgIpc) is 2.61. The van der Waals surface area contributed by atoms with E-state index in [4.69, 9.17) is 23.2 Å². The summed E-state index contributed by atoms with van der Waals surface area (Å²) in [6, 6.07) is 1.99. The minimum atomic E-state index is 0.719. The molecule has 54 valence electrons. The van der Waals surface area contributed by atoms with E-state index >= 15 is 0 Å². The standard InChI is InChI=1S/C7H6Cl2S/c8-6-3-5(4-1-2-4)7(9)10-6/h3-4H,1-2H2. The molecule has 0 N–H and O–H groups in total.